The number of imide groups is 1. The molecular formula is C64H64BN3O2. The molecule has 0 saturated carbocycles. The highest BCUT2D eigenvalue weighted by atomic mass is 16.2. The van der Waals surface area contributed by atoms with Crippen LogP contribution < -0.4 is 15.8 Å². The van der Waals surface area contributed by atoms with E-state index in [1.165, 1.54) is 71.6 Å². The van der Waals surface area contributed by atoms with Crippen LogP contribution in [0, 0.1) is 13.8 Å². The average molecular weight is 918 g/mol. The molecule has 0 spiro atoms. The number of fused-ring (bicyclic) bond motifs is 3. The van der Waals surface area contributed by atoms with Gasteiger partial charge < -0.3 is 9.71 Å². The molecule has 2 heterocycles. The first-order valence-corrected chi connectivity index (χ1v) is 25.1. The molecule has 0 atom stereocenters. The van der Waals surface area contributed by atoms with Crippen LogP contribution in [0.5, 0.6) is 0 Å². The first-order valence-electron chi connectivity index (χ1n) is 25.1. The van der Waals surface area contributed by atoms with Crippen molar-refractivity contribution in [1.82, 2.24) is 9.71 Å². The smallest absolute Gasteiger partial charge is 0.328 e. The van der Waals surface area contributed by atoms with Crippen LogP contribution in [-0.4, -0.2) is 35.4 Å². The molecule has 0 N–H and O–H groups in total. The second-order valence-electron chi connectivity index (χ2n) is 21.2. The van der Waals surface area contributed by atoms with E-state index in [1.54, 1.807) is 6.20 Å². The zero-order chi connectivity index (χ0) is 49.1. The van der Waals surface area contributed by atoms with Gasteiger partial charge in [0.25, 0.3) is 0 Å². The lowest BCUT2D eigenvalue weighted by Gasteiger charge is -2.45. The Morgan fingerprint density at radius 3 is 1.97 bits per heavy atom. The fourth-order valence-corrected chi connectivity index (χ4v) is 11.6. The lowest BCUT2D eigenvalue weighted by Crippen LogP contribution is -2.60. The van der Waals surface area contributed by atoms with Gasteiger partial charge in [-0.25, -0.2) is 0 Å². The van der Waals surface area contributed by atoms with Crippen LogP contribution in [0.3, 0.4) is 0 Å². The number of allylic oxidation sites excluding steroid dienone is 7. The van der Waals surface area contributed by atoms with Gasteiger partial charge in [-0.1, -0.05) is 161 Å². The predicted octanol–water partition coefficient (Wildman–Crippen LogP) is 14.0. The minimum Gasteiger partial charge on any atom is -0.413 e. The minimum atomic E-state index is -0.245. The van der Waals surface area contributed by atoms with Crippen molar-refractivity contribution in [3.8, 4) is 33.4 Å². The van der Waals surface area contributed by atoms with Crippen molar-refractivity contribution < 1.29 is 9.59 Å². The number of hydrogen-bond donors (Lipinski definition) is 0. The highest BCUT2D eigenvalue weighted by Gasteiger charge is 2.44. The zero-order valence-electron chi connectivity index (χ0n) is 42.2. The molecule has 0 radical (unpaired) electrons. The number of nitrogens with zero attached hydrogens (tertiary/aromatic N) is 3. The van der Waals surface area contributed by atoms with Crippen LogP contribution in [0.4, 0.5) is 11.4 Å². The largest absolute Gasteiger partial charge is 0.413 e. The Balaban J connectivity index is 1.40. The van der Waals surface area contributed by atoms with Crippen LogP contribution in [0.25, 0.3) is 39.0 Å². The Labute approximate surface area is 416 Å². The number of hydrogen-bond acceptors (Lipinski definition) is 4. The van der Waals surface area contributed by atoms with E-state index in [1.807, 2.05) is 18.2 Å². The molecule has 350 valence electrons. The van der Waals surface area contributed by atoms with Gasteiger partial charge in [0.1, 0.15) is 0 Å². The Hall–Kier alpha value is -7.18. The van der Waals surface area contributed by atoms with Gasteiger partial charge in [-0.3, -0.25) is 14.5 Å². The fraction of sp³-hybridized carbons (Fsp3) is 0.250. The minimum absolute atomic E-state index is 0.0152. The molecule has 6 heteroatoms. The van der Waals surface area contributed by atoms with Crippen LogP contribution in [0.15, 0.2) is 181 Å². The molecule has 2 aliphatic heterocycles. The van der Waals surface area contributed by atoms with Gasteiger partial charge in [-0.2, -0.15) is 0 Å². The third-order valence-corrected chi connectivity index (χ3v) is 15.8. The number of carbonyl (C=O) groups excluding carboxylic acids is 2. The van der Waals surface area contributed by atoms with Crippen molar-refractivity contribution in [3.05, 3.63) is 209 Å². The van der Waals surface area contributed by atoms with E-state index < -0.39 is 0 Å². The number of aryl methyl sites for hydroxylation is 2. The Morgan fingerprint density at radius 1 is 0.629 bits per heavy atom. The molecule has 1 fully saturated rings. The maximum atomic E-state index is 13.4. The molecule has 4 aliphatic rings. The highest BCUT2D eigenvalue weighted by Crippen LogP contribution is 2.49. The fourth-order valence-electron chi connectivity index (χ4n) is 11.6. The maximum absolute atomic E-state index is 13.4. The summed E-state index contributed by atoms with van der Waals surface area (Å²) in [6, 6.07) is 46.5. The van der Waals surface area contributed by atoms with Crippen molar-refractivity contribution in [1.29, 1.82) is 0 Å². The lowest BCUT2D eigenvalue weighted by atomic mass is 9.43. The molecule has 70 heavy (non-hydrogen) atoms. The van der Waals surface area contributed by atoms with E-state index >= 15 is 0 Å². The number of rotatable bonds is 10. The number of anilines is 2. The summed E-state index contributed by atoms with van der Waals surface area (Å²) >= 11 is 0. The molecule has 0 unspecified atom stereocenters. The Morgan fingerprint density at radius 2 is 1.30 bits per heavy atom. The molecule has 6 aromatic rings. The van der Waals surface area contributed by atoms with Gasteiger partial charge in [0, 0.05) is 41.7 Å². The average Bonchev–Trinajstić information content (AvgIpc) is 3.69. The summed E-state index contributed by atoms with van der Waals surface area (Å²) in [6.45, 7) is 20.6. The van der Waals surface area contributed by atoms with Crippen molar-refractivity contribution in [2.75, 3.05) is 11.9 Å². The van der Waals surface area contributed by atoms with Crippen molar-refractivity contribution in [2.24, 2.45) is 0 Å². The molecule has 0 bridgehead atoms. The molecule has 6 aromatic carbocycles. The summed E-state index contributed by atoms with van der Waals surface area (Å²) < 4.78 is 0. The van der Waals surface area contributed by atoms with E-state index in [0.717, 1.165) is 65.0 Å². The number of likely N-dealkylation sites (tertiary alicyclic amines) is 1. The SMILES string of the molecule is C=C/C(=C(\C=C/N1C(=O)CCC1=O)N1c2cc(-c3ccccc3)cc(-c3ccc4c(c3)C(C)(C)CCC4(C)C)c2B(N(C)C2=CC=C(C)CC2)c2c1ccc(C)c2-c1ccccc1C)c1ccccc1. The van der Waals surface area contributed by atoms with Gasteiger partial charge in [-0.05, 0) is 167 Å². The van der Waals surface area contributed by atoms with E-state index in [9.17, 15) is 9.59 Å². The van der Waals surface area contributed by atoms with Crippen molar-refractivity contribution in [2.45, 2.75) is 97.8 Å². The number of amides is 2. The molecule has 1 saturated heterocycles. The third kappa shape index (κ3) is 8.21. The maximum Gasteiger partial charge on any atom is 0.328 e. The van der Waals surface area contributed by atoms with Crippen LogP contribution >= 0.6 is 0 Å². The van der Waals surface area contributed by atoms with E-state index in [4.69, 9.17) is 0 Å². The zero-order valence-corrected chi connectivity index (χ0v) is 42.2. The molecular weight excluding hydrogens is 854 g/mol. The quantitative estimate of drug-likeness (QED) is 0.0780. The summed E-state index contributed by atoms with van der Waals surface area (Å²) in [6.07, 6.45) is 14.8. The van der Waals surface area contributed by atoms with Gasteiger partial charge in [0.2, 0.25) is 11.8 Å². The molecule has 2 aliphatic carbocycles. The molecule has 2 amide bonds. The summed E-state index contributed by atoms with van der Waals surface area (Å²) in [4.78, 5) is 33.1. The second-order valence-corrected chi connectivity index (χ2v) is 21.2. The Bertz CT molecular complexity index is 3210. The molecule has 5 nitrogen and oxygen atoms in total. The number of carbonyl (C=O) groups is 2. The first-order chi connectivity index (χ1) is 33.7. The van der Waals surface area contributed by atoms with E-state index in [-0.39, 0.29) is 42.3 Å². The summed E-state index contributed by atoms with van der Waals surface area (Å²) in [5, 5.41) is 0. The van der Waals surface area contributed by atoms with Gasteiger partial charge in [-0.15, -0.1) is 0 Å². The van der Waals surface area contributed by atoms with Crippen LogP contribution in [-0.2, 0) is 20.4 Å². The Kier molecular flexibility index (Phi) is 12.2. The molecule has 0 aromatic heterocycles. The highest BCUT2D eigenvalue weighted by molar-refractivity contribution is 6.88. The predicted molar refractivity (Wildman–Crippen MR) is 294 cm³/mol. The first kappa shape index (κ1) is 46.5. The summed E-state index contributed by atoms with van der Waals surface area (Å²) in [5.74, 6) is -0.396. The van der Waals surface area contributed by atoms with Crippen molar-refractivity contribution in [3.63, 3.8) is 0 Å². The monoisotopic (exact) mass is 918 g/mol. The standard InChI is InChI=1S/C64H64BN3O2/c1-10-50(46-22-15-12-16-23-46)55(35-38-67-58(69)33-34-59(67)70)68-56-32-27-44(4)60(51-24-18-17-19-43(51)3)62(56)65(66(9)49-29-25-42(2)26-30-49)61-52(39-48(41-57(61)68)45-20-13-11-14-21-45)47-28-31-53-54(40-47)64(7,8)37-36-63(53,5)6/h10-25,27-29,31-32,35,38-41H,1,26,30,33-34,36-37H2,2-9H3/b38-35-,55-50-. The van der Waals surface area contributed by atoms with Crippen LogP contribution in [0.2, 0.25) is 0 Å². The normalized spacial score (nSPS) is 17.4. The van der Waals surface area contributed by atoms with Gasteiger partial charge >= 0.3 is 6.85 Å². The number of benzene rings is 6. The lowest BCUT2D eigenvalue weighted by molar-refractivity contribution is -0.135. The van der Waals surface area contributed by atoms with E-state index in [2.05, 4.69) is 205 Å². The topological polar surface area (TPSA) is 43.9 Å². The second kappa shape index (κ2) is 18.3. The third-order valence-electron chi connectivity index (χ3n) is 15.8. The summed E-state index contributed by atoms with van der Waals surface area (Å²) in [7, 11) is 2.30. The van der Waals surface area contributed by atoms with Crippen LogP contribution in [0.1, 0.15) is 101 Å². The van der Waals surface area contributed by atoms with Crippen molar-refractivity contribution >= 4 is 46.5 Å². The molecule has 10 rings (SSSR count). The van der Waals surface area contributed by atoms with Gasteiger partial charge in [0.15, 0.2) is 0 Å². The summed E-state index contributed by atoms with van der Waals surface area (Å²) in [5.41, 5.74) is 21.9. The van der Waals surface area contributed by atoms with E-state index in [0.29, 0.717) is 0 Å². The van der Waals surface area contributed by atoms with Gasteiger partial charge in [0.05, 0.1) is 5.70 Å².